The van der Waals surface area contributed by atoms with Crippen molar-refractivity contribution in [2.75, 3.05) is 6.54 Å². The maximum Gasteiger partial charge on any atom is 0.274 e. The molecule has 0 aromatic carbocycles. The van der Waals surface area contributed by atoms with Gasteiger partial charge in [-0.3, -0.25) is 4.79 Å². The molecule has 1 atom stereocenters. The van der Waals surface area contributed by atoms with E-state index in [1.165, 1.54) is 25.7 Å². The van der Waals surface area contributed by atoms with Gasteiger partial charge in [0, 0.05) is 24.0 Å². The minimum atomic E-state index is -0.590. The maximum absolute atomic E-state index is 13.3. The molecule has 2 aliphatic rings. The Balaban J connectivity index is 1.69. The summed E-state index contributed by atoms with van der Waals surface area (Å²) in [5, 5.41) is 15.1. The van der Waals surface area contributed by atoms with Crippen molar-refractivity contribution in [2.45, 2.75) is 90.2 Å². The van der Waals surface area contributed by atoms with E-state index in [9.17, 15) is 9.90 Å². The summed E-state index contributed by atoms with van der Waals surface area (Å²) in [5.74, 6) is 0.898. The molecule has 1 unspecified atom stereocenters. The second-order valence-electron chi connectivity index (χ2n) is 9.75. The van der Waals surface area contributed by atoms with Crippen LogP contribution in [0.2, 0.25) is 0 Å². The van der Waals surface area contributed by atoms with Crippen LogP contribution in [0.1, 0.15) is 94.0 Å². The van der Waals surface area contributed by atoms with Crippen LogP contribution in [0.25, 0.3) is 5.65 Å². The summed E-state index contributed by atoms with van der Waals surface area (Å²) in [6, 6.07) is 4.00. The number of aliphatic hydroxyl groups excluding tert-OH is 1. The molecule has 6 nitrogen and oxygen atoms in total. The van der Waals surface area contributed by atoms with E-state index in [1.54, 1.807) is 4.90 Å². The Morgan fingerprint density at radius 2 is 1.93 bits per heavy atom. The summed E-state index contributed by atoms with van der Waals surface area (Å²) in [6.45, 7) is 8.82. The van der Waals surface area contributed by atoms with E-state index >= 15 is 0 Å². The number of nitrogens with zero attached hydrogens (tertiary/aromatic N) is 4. The molecule has 158 valence electrons. The van der Waals surface area contributed by atoms with Gasteiger partial charge in [-0.05, 0) is 51.0 Å². The van der Waals surface area contributed by atoms with Crippen LogP contribution in [0.15, 0.2) is 12.1 Å². The predicted octanol–water partition coefficient (Wildman–Crippen LogP) is 3.96. The highest BCUT2D eigenvalue weighted by atomic mass is 16.3. The Labute approximate surface area is 173 Å². The molecule has 0 radical (unpaired) electrons. The average Bonchev–Trinajstić information content (AvgIpc) is 3.32. The van der Waals surface area contributed by atoms with Crippen molar-refractivity contribution in [1.29, 1.82) is 0 Å². The maximum atomic E-state index is 13.3. The van der Waals surface area contributed by atoms with E-state index in [4.69, 9.17) is 4.98 Å². The molecular weight excluding hydrogens is 364 g/mol. The van der Waals surface area contributed by atoms with Crippen molar-refractivity contribution in [3.05, 3.63) is 29.2 Å². The number of hydrogen-bond acceptors (Lipinski definition) is 4. The molecule has 0 bridgehead atoms. The first-order valence-electron chi connectivity index (χ1n) is 11.2. The number of aliphatic hydroxyl groups is 1. The molecule has 2 fully saturated rings. The van der Waals surface area contributed by atoms with Crippen LogP contribution in [0, 0.1) is 5.92 Å². The first kappa shape index (κ1) is 20.3. The van der Waals surface area contributed by atoms with E-state index in [0.717, 1.165) is 42.2 Å². The predicted molar refractivity (Wildman–Crippen MR) is 113 cm³/mol. The molecule has 1 saturated carbocycles. The molecule has 1 amide bonds. The molecule has 0 spiro atoms. The highest BCUT2D eigenvalue weighted by Gasteiger charge is 2.41. The van der Waals surface area contributed by atoms with Crippen LogP contribution in [-0.4, -0.2) is 48.7 Å². The van der Waals surface area contributed by atoms with Crippen LogP contribution in [0.4, 0.5) is 0 Å². The van der Waals surface area contributed by atoms with Crippen molar-refractivity contribution < 1.29 is 9.90 Å². The summed E-state index contributed by atoms with van der Waals surface area (Å²) < 4.78 is 1.84. The lowest BCUT2D eigenvalue weighted by Gasteiger charge is -2.45. The number of amides is 1. The highest BCUT2D eigenvalue weighted by molar-refractivity contribution is 5.94. The van der Waals surface area contributed by atoms with Gasteiger partial charge in [0.25, 0.3) is 5.91 Å². The molecule has 1 saturated heterocycles. The Morgan fingerprint density at radius 3 is 2.62 bits per heavy atom. The summed E-state index contributed by atoms with van der Waals surface area (Å²) in [5.41, 5.74) is 2.79. The largest absolute Gasteiger partial charge is 0.391 e. The molecule has 2 aromatic rings. The van der Waals surface area contributed by atoms with Crippen LogP contribution in [0.5, 0.6) is 0 Å². The van der Waals surface area contributed by atoms with Gasteiger partial charge >= 0.3 is 0 Å². The van der Waals surface area contributed by atoms with Gasteiger partial charge in [-0.1, -0.05) is 39.5 Å². The zero-order valence-corrected chi connectivity index (χ0v) is 18.2. The fraction of sp³-hybridized carbons (Fsp3) is 0.696. The third-order valence-corrected chi connectivity index (χ3v) is 6.91. The fourth-order valence-corrected chi connectivity index (χ4v) is 4.95. The number of likely N-dealkylation sites (tertiary alicyclic amines) is 1. The second-order valence-corrected chi connectivity index (χ2v) is 9.75. The lowest BCUT2D eigenvalue weighted by molar-refractivity contribution is -0.0310. The van der Waals surface area contributed by atoms with Gasteiger partial charge in [-0.2, -0.15) is 5.10 Å². The van der Waals surface area contributed by atoms with E-state index in [-0.39, 0.29) is 5.91 Å². The third kappa shape index (κ3) is 3.79. The molecule has 2 aromatic heterocycles. The third-order valence-electron chi connectivity index (χ3n) is 6.91. The molecule has 1 N–H and O–H groups in total. The zero-order chi connectivity index (χ0) is 20.8. The molecule has 29 heavy (non-hydrogen) atoms. The number of carbonyl (C=O) groups excluding carboxylic acids is 1. The Morgan fingerprint density at radius 1 is 1.21 bits per heavy atom. The van der Waals surface area contributed by atoms with E-state index < -0.39 is 11.6 Å². The van der Waals surface area contributed by atoms with Gasteiger partial charge < -0.3 is 10.0 Å². The van der Waals surface area contributed by atoms with E-state index in [1.807, 2.05) is 24.4 Å². The normalized spacial score (nSPS) is 22.7. The van der Waals surface area contributed by atoms with Crippen LogP contribution in [0.3, 0.4) is 0 Å². The highest BCUT2D eigenvalue weighted by Crippen LogP contribution is 2.31. The van der Waals surface area contributed by atoms with E-state index in [2.05, 4.69) is 25.0 Å². The minimum Gasteiger partial charge on any atom is -0.391 e. The van der Waals surface area contributed by atoms with Crippen LogP contribution >= 0.6 is 0 Å². The van der Waals surface area contributed by atoms with Crippen LogP contribution in [-0.2, 0) is 6.42 Å². The summed E-state index contributed by atoms with van der Waals surface area (Å²) in [7, 11) is 0. The van der Waals surface area contributed by atoms with Crippen LogP contribution < -0.4 is 0 Å². The molecule has 1 aliphatic heterocycles. The standard InChI is InChI=1S/C23H34N4O2/c1-15(2)19-13-17(12-16-8-5-6-9-16)24-21-14-18(25-27(19)21)22(29)26-11-7-10-20(28)23(26,3)4/h13-16,20,28H,5-12H2,1-4H3. The van der Waals surface area contributed by atoms with Crippen molar-refractivity contribution in [3.8, 4) is 0 Å². The molecular formula is C23H34N4O2. The summed E-state index contributed by atoms with van der Waals surface area (Å²) in [6.07, 6.45) is 7.27. The number of piperidine rings is 1. The monoisotopic (exact) mass is 398 g/mol. The number of fused-ring (bicyclic) bond motifs is 1. The fourth-order valence-electron chi connectivity index (χ4n) is 4.95. The Hall–Kier alpha value is -1.95. The van der Waals surface area contributed by atoms with Crippen molar-refractivity contribution in [3.63, 3.8) is 0 Å². The van der Waals surface area contributed by atoms with Crippen molar-refractivity contribution in [1.82, 2.24) is 19.5 Å². The Bertz CT molecular complexity index is 896. The van der Waals surface area contributed by atoms with Gasteiger partial charge in [0.1, 0.15) is 0 Å². The molecule has 1 aliphatic carbocycles. The van der Waals surface area contributed by atoms with Gasteiger partial charge in [0.05, 0.1) is 11.6 Å². The Kier molecular flexibility index (Phi) is 5.40. The SMILES string of the molecule is CC(C)c1cc(CC2CCCC2)nc2cc(C(=O)N3CCCC(O)C3(C)C)nn12. The second kappa shape index (κ2) is 7.71. The first-order valence-corrected chi connectivity index (χ1v) is 11.2. The summed E-state index contributed by atoms with van der Waals surface area (Å²) >= 11 is 0. The average molecular weight is 399 g/mol. The van der Waals surface area contributed by atoms with E-state index in [0.29, 0.717) is 18.2 Å². The number of hydrogen-bond donors (Lipinski definition) is 1. The molecule has 4 rings (SSSR count). The van der Waals surface area contributed by atoms with Gasteiger partial charge in [0.15, 0.2) is 11.3 Å². The van der Waals surface area contributed by atoms with Crippen molar-refractivity contribution >= 4 is 11.6 Å². The molecule has 6 heteroatoms. The summed E-state index contributed by atoms with van der Waals surface area (Å²) in [4.78, 5) is 19.9. The lowest BCUT2D eigenvalue weighted by Crippen LogP contribution is -2.58. The van der Waals surface area contributed by atoms with Crippen molar-refractivity contribution in [2.24, 2.45) is 5.92 Å². The number of rotatable bonds is 4. The topological polar surface area (TPSA) is 70.7 Å². The number of carbonyl (C=O) groups is 1. The first-order chi connectivity index (χ1) is 13.8. The smallest absolute Gasteiger partial charge is 0.274 e. The van der Waals surface area contributed by atoms with Gasteiger partial charge in [-0.25, -0.2) is 9.50 Å². The quantitative estimate of drug-likeness (QED) is 0.846. The van der Waals surface area contributed by atoms with Gasteiger partial charge in [0.2, 0.25) is 0 Å². The number of aromatic nitrogens is 3. The zero-order valence-electron chi connectivity index (χ0n) is 18.2. The van der Waals surface area contributed by atoms with Gasteiger partial charge in [-0.15, -0.1) is 0 Å². The minimum absolute atomic E-state index is 0.119. The lowest BCUT2D eigenvalue weighted by atomic mass is 9.87. The molecule has 3 heterocycles.